The van der Waals surface area contributed by atoms with Gasteiger partial charge in [-0.15, -0.1) is 0 Å². The zero-order chi connectivity index (χ0) is 19.3. The van der Waals surface area contributed by atoms with Crippen LogP contribution in [0.3, 0.4) is 0 Å². The quantitative estimate of drug-likeness (QED) is 0.709. The third-order valence-corrected chi connectivity index (χ3v) is 5.92. The molecule has 5 nitrogen and oxygen atoms in total. The molecule has 0 saturated heterocycles. The second-order valence-electron chi connectivity index (χ2n) is 6.04. The minimum atomic E-state index is -3.67. The summed E-state index contributed by atoms with van der Waals surface area (Å²) in [6.07, 6.45) is 0.262. The van der Waals surface area contributed by atoms with E-state index < -0.39 is 10.0 Å². The molecule has 0 fully saturated rings. The Morgan fingerprint density at radius 3 is 2.00 bits per heavy atom. The van der Waals surface area contributed by atoms with Crippen LogP contribution in [0.2, 0.25) is 0 Å². The van der Waals surface area contributed by atoms with Crippen LogP contribution < -0.4 is 9.62 Å². The molecule has 0 unspecified atom stereocenters. The first-order valence-corrected chi connectivity index (χ1v) is 9.88. The molecule has 0 heterocycles. The molecule has 0 radical (unpaired) electrons. The van der Waals surface area contributed by atoms with Crippen LogP contribution in [0.5, 0.6) is 0 Å². The Labute approximate surface area is 159 Å². The van der Waals surface area contributed by atoms with Crippen LogP contribution in [0.1, 0.15) is 5.56 Å². The summed E-state index contributed by atoms with van der Waals surface area (Å²) in [4.78, 5) is 12.3. The summed E-state index contributed by atoms with van der Waals surface area (Å²) in [5.41, 5.74) is 2.05. The fraction of sp³-hybridized carbons (Fsp3) is 0.0952. The summed E-state index contributed by atoms with van der Waals surface area (Å²) in [7, 11) is -2.15. The summed E-state index contributed by atoms with van der Waals surface area (Å²) < 4.78 is 26.7. The van der Waals surface area contributed by atoms with Gasteiger partial charge < -0.3 is 5.32 Å². The largest absolute Gasteiger partial charge is 0.326 e. The summed E-state index contributed by atoms with van der Waals surface area (Å²) in [5.74, 6) is -0.154. The summed E-state index contributed by atoms with van der Waals surface area (Å²) in [6.45, 7) is 0. The van der Waals surface area contributed by atoms with E-state index in [9.17, 15) is 13.2 Å². The molecule has 27 heavy (non-hydrogen) atoms. The molecule has 0 aliphatic heterocycles. The number of amides is 1. The summed E-state index contributed by atoms with van der Waals surface area (Å²) >= 11 is 0. The predicted octanol–water partition coefficient (Wildman–Crippen LogP) is 3.69. The average molecular weight is 380 g/mol. The Morgan fingerprint density at radius 2 is 1.41 bits per heavy atom. The van der Waals surface area contributed by atoms with Crippen LogP contribution in [-0.2, 0) is 21.2 Å². The number of carbonyl (C=O) groups is 1. The smallest absolute Gasteiger partial charge is 0.264 e. The van der Waals surface area contributed by atoms with E-state index in [-0.39, 0.29) is 17.2 Å². The van der Waals surface area contributed by atoms with Crippen molar-refractivity contribution in [2.45, 2.75) is 11.3 Å². The van der Waals surface area contributed by atoms with Crippen molar-refractivity contribution in [1.29, 1.82) is 0 Å². The van der Waals surface area contributed by atoms with Crippen LogP contribution in [-0.4, -0.2) is 21.4 Å². The van der Waals surface area contributed by atoms with Crippen LogP contribution in [0.25, 0.3) is 0 Å². The molecule has 138 valence electrons. The van der Waals surface area contributed by atoms with Crippen LogP contribution >= 0.6 is 0 Å². The van der Waals surface area contributed by atoms with Gasteiger partial charge >= 0.3 is 0 Å². The molecule has 6 heteroatoms. The number of hydrogen-bond acceptors (Lipinski definition) is 3. The molecule has 1 amide bonds. The molecular formula is C21H20N2O3S. The van der Waals surface area contributed by atoms with Crippen molar-refractivity contribution < 1.29 is 13.2 Å². The lowest BCUT2D eigenvalue weighted by Crippen LogP contribution is -2.26. The molecule has 0 saturated carbocycles. The van der Waals surface area contributed by atoms with E-state index in [2.05, 4.69) is 5.32 Å². The Hall–Kier alpha value is -3.12. The van der Waals surface area contributed by atoms with Gasteiger partial charge in [0.25, 0.3) is 10.0 Å². The Bertz CT molecular complexity index is 1000. The maximum absolute atomic E-state index is 12.7. The normalized spacial score (nSPS) is 11.0. The van der Waals surface area contributed by atoms with Crippen molar-refractivity contribution in [2.75, 3.05) is 16.7 Å². The summed E-state index contributed by atoms with van der Waals surface area (Å²) in [5, 5.41) is 2.78. The van der Waals surface area contributed by atoms with E-state index in [1.165, 1.54) is 23.5 Å². The highest BCUT2D eigenvalue weighted by Gasteiger charge is 2.21. The number of benzene rings is 3. The van der Waals surface area contributed by atoms with Gasteiger partial charge in [-0.05, 0) is 42.0 Å². The molecule has 0 spiro atoms. The monoisotopic (exact) mass is 380 g/mol. The van der Waals surface area contributed by atoms with Gasteiger partial charge in [-0.1, -0.05) is 48.5 Å². The standard InChI is InChI=1S/C21H20N2O3S/c1-23(19-10-6-3-7-11-19)27(25,26)20-14-12-18(13-15-20)22-21(24)16-17-8-4-2-5-9-17/h2-15H,16H2,1H3,(H,22,24). The molecule has 3 aromatic carbocycles. The van der Waals surface area contributed by atoms with Gasteiger partial charge in [-0.3, -0.25) is 9.10 Å². The highest BCUT2D eigenvalue weighted by molar-refractivity contribution is 7.92. The third kappa shape index (κ3) is 4.54. The Balaban J connectivity index is 1.70. The Kier molecular flexibility index (Phi) is 5.57. The van der Waals surface area contributed by atoms with E-state index in [4.69, 9.17) is 0 Å². The van der Waals surface area contributed by atoms with Gasteiger partial charge in [-0.25, -0.2) is 8.42 Å². The van der Waals surface area contributed by atoms with Crippen molar-refractivity contribution in [1.82, 2.24) is 0 Å². The second kappa shape index (κ2) is 8.05. The number of anilines is 2. The van der Waals surface area contributed by atoms with Crippen molar-refractivity contribution in [3.63, 3.8) is 0 Å². The maximum atomic E-state index is 12.7. The average Bonchev–Trinajstić information content (AvgIpc) is 2.69. The number of sulfonamides is 1. The van der Waals surface area contributed by atoms with Crippen LogP contribution in [0.4, 0.5) is 11.4 Å². The molecule has 3 aromatic rings. The van der Waals surface area contributed by atoms with Gasteiger partial charge in [-0.2, -0.15) is 0 Å². The van der Waals surface area contributed by atoms with Gasteiger partial charge in [0.05, 0.1) is 17.0 Å². The van der Waals surface area contributed by atoms with Crippen molar-refractivity contribution in [2.24, 2.45) is 0 Å². The van der Waals surface area contributed by atoms with Crippen molar-refractivity contribution in [3.8, 4) is 0 Å². The maximum Gasteiger partial charge on any atom is 0.264 e. The van der Waals surface area contributed by atoms with Gasteiger partial charge in [0, 0.05) is 12.7 Å². The minimum Gasteiger partial charge on any atom is -0.326 e. The zero-order valence-corrected chi connectivity index (χ0v) is 15.7. The van der Waals surface area contributed by atoms with Crippen molar-refractivity contribution in [3.05, 3.63) is 90.5 Å². The first kappa shape index (κ1) is 18.7. The SMILES string of the molecule is CN(c1ccccc1)S(=O)(=O)c1ccc(NC(=O)Cc2ccccc2)cc1. The highest BCUT2D eigenvalue weighted by Crippen LogP contribution is 2.22. The van der Waals surface area contributed by atoms with E-state index >= 15 is 0 Å². The molecular weight excluding hydrogens is 360 g/mol. The van der Waals surface area contributed by atoms with Crippen molar-refractivity contribution >= 4 is 27.3 Å². The van der Waals surface area contributed by atoms with Crippen LogP contribution in [0.15, 0.2) is 89.8 Å². The van der Waals surface area contributed by atoms with E-state index in [1.807, 2.05) is 36.4 Å². The molecule has 0 aliphatic rings. The van der Waals surface area contributed by atoms with Gasteiger partial charge in [0.2, 0.25) is 5.91 Å². The first-order chi connectivity index (χ1) is 13.0. The third-order valence-electron chi connectivity index (χ3n) is 4.12. The lowest BCUT2D eigenvalue weighted by molar-refractivity contribution is -0.115. The number of nitrogens with zero attached hydrogens (tertiary/aromatic N) is 1. The molecule has 0 aromatic heterocycles. The number of rotatable bonds is 6. The zero-order valence-electron chi connectivity index (χ0n) is 14.9. The predicted molar refractivity (Wildman–Crippen MR) is 107 cm³/mol. The minimum absolute atomic E-state index is 0.154. The lowest BCUT2D eigenvalue weighted by Gasteiger charge is -2.19. The number of nitrogens with one attached hydrogen (secondary N) is 1. The highest BCUT2D eigenvalue weighted by atomic mass is 32.2. The fourth-order valence-electron chi connectivity index (χ4n) is 2.63. The van der Waals surface area contributed by atoms with E-state index in [0.717, 1.165) is 5.56 Å². The fourth-order valence-corrected chi connectivity index (χ4v) is 3.83. The van der Waals surface area contributed by atoms with E-state index in [1.54, 1.807) is 36.4 Å². The second-order valence-corrected chi connectivity index (χ2v) is 8.01. The van der Waals surface area contributed by atoms with Crippen LogP contribution in [0, 0.1) is 0 Å². The Morgan fingerprint density at radius 1 is 0.852 bits per heavy atom. The molecule has 1 N–H and O–H groups in total. The van der Waals surface area contributed by atoms with Gasteiger partial charge in [0.15, 0.2) is 0 Å². The van der Waals surface area contributed by atoms with E-state index in [0.29, 0.717) is 11.4 Å². The number of para-hydroxylation sites is 1. The molecule has 0 bridgehead atoms. The number of hydrogen-bond donors (Lipinski definition) is 1. The van der Waals surface area contributed by atoms with Gasteiger partial charge in [0.1, 0.15) is 0 Å². The summed E-state index contributed by atoms with van der Waals surface area (Å²) in [6, 6.07) is 24.5. The molecule has 0 atom stereocenters. The lowest BCUT2D eigenvalue weighted by atomic mass is 10.1. The number of carbonyl (C=O) groups excluding carboxylic acids is 1. The molecule has 3 rings (SSSR count). The topological polar surface area (TPSA) is 66.5 Å². The first-order valence-electron chi connectivity index (χ1n) is 8.44. The molecule has 0 aliphatic carbocycles.